The molecule has 2 heterocycles. The van der Waals surface area contributed by atoms with Crippen LogP contribution in [-0.2, 0) is 11.3 Å². The average Bonchev–Trinajstić information content (AvgIpc) is 3.20. The van der Waals surface area contributed by atoms with Gasteiger partial charge in [0.15, 0.2) is 0 Å². The lowest BCUT2D eigenvalue weighted by atomic mass is 10.00. The summed E-state index contributed by atoms with van der Waals surface area (Å²) in [5.74, 6) is 0.776. The first-order valence-corrected chi connectivity index (χ1v) is 9.00. The Hall–Kier alpha value is -1.39. The van der Waals surface area contributed by atoms with Crippen LogP contribution in [0.15, 0.2) is 30.3 Å². The molecule has 2 fully saturated rings. The number of rotatable bonds is 6. The van der Waals surface area contributed by atoms with Crippen molar-refractivity contribution in [3.63, 3.8) is 0 Å². The van der Waals surface area contributed by atoms with Crippen LogP contribution < -0.4 is 10.6 Å². The van der Waals surface area contributed by atoms with E-state index < -0.39 is 0 Å². The van der Waals surface area contributed by atoms with E-state index in [0.29, 0.717) is 18.4 Å². The van der Waals surface area contributed by atoms with Crippen LogP contribution in [0.5, 0.6) is 0 Å². The third kappa shape index (κ3) is 4.79. The summed E-state index contributed by atoms with van der Waals surface area (Å²) in [7, 11) is 0. The second-order valence-corrected chi connectivity index (χ2v) is 7.12. The van der Waals surface area contributed by atoms with Crippen LogP contribution in [0.4, 0.5) is 0 Å². The summed E-state index contributed by atoms with van der Waals surface area (Å²) >= 11 is 0. The van der Waals surface area contributed by atoms with E-state index >= 15 is 0 Å². The number of nitrogens with one attached hydrogen (secondary N) is 2. The van der Waals surface area contributed by atoms with Crippen LogP contribution in [0, 0.1) is 5.92 Å². The van der Waals surface area contributed by atoms with Crippen molar-refractivity contribution in [2.24, 2.45) is 5.92 Å². The fourth-order valence-electron chi connectivity index (χ4n) is 3.84. The fraction of sp³-hybridized carbons (Fsp3) is 0.632. The summed E-state index contributed by atoms with van der Waals surface area (Å²) in [5.41, 5.74) is 1.37. The summed E-state index contributed by atoms with van der Waals surface area (Å²) < 4.78 is 0. The summed E-state index contributed by atoms with van der Waals surface area (Å²) in [6.45, 7) is 6.45. The first-order chi connectivity index (χ1) is 11.2. The van der Waals surface area contributed by atoms with Crippen molar-refractivity contribution in [2.45, 2.75) is 51.2 Å². The second kappa shape index (κ2) is 7.93. The van der Waals surface area contributed by atoms with Gasteiger partial charge in [-0.3, -0.25) is 9.69 Å². The molecule has 0 aliphatic carbocycles. The van der Waals surface area contributed by atoms with E-state index in [2.05, 4.69) is 52.8 Å². The molecule has 3 atom stereocenters. The van der Waals surface area contributed by atoms with Crippen molar-refractivity contribution < 1.29 is 4.79 Å². The third-order valence-corrected chi connectivity index (χ3v) is 5.25. The maximum Gasteiger partial charge on any atom is 0.221 e. The quantitative estimate of drug-likeness (QED) is 0.845. The average molecular weight is 315 g/mol. The molecule has 4 nitrogen and oxygen atoms in total. The number of benzene rings is 1. The molecule has 126 valence electrons. The Morgan fingerprint density at radius 3 is 2.91 bits per heavy atom. The lowest BCUT2D eigenvalue weighted by molar-refractivity contribution is -0.122. The van der Waals surface area contributed by atoms with Crippen LogP contribution in [0.1, 0.15) is 38.2 Å². The molecule has 0 spiro atoms. The topological polar surface area (TPSA) is 44.4 Å². The molecule has 0 bridgehead atoms. The van der Waals surface area contributed by atoms with Crippen molar-refractivity contribution in [3.05, 3.63) is 35.9 Å². The fourth-order valence-corrected chi connectivity index (χ4v) is 3.84. The van der Waals surface area contributed by atoms with Gasteiger partial charge < -0.3 is 10.6 Å². The molecule has 1 aromatic rings. The van der Waals surface area contributed by atoms with Gasteiger partial charge in [0.05, 0.1) is 0 Å². The zero-order valence-corrected chi connectivity index (χ0v) is 14.1. The molecule has 2 N–H and O–H groups in total. The highest BCUT2D eigenvalue weighted by Crippen LogP contribution is 2.22. The lowest BCUT2D eigenvalue weighted by Crippen LogP contribution is -2.41. The summed E-state index contributed by atoms with van der Waals surface area (Å²) in [4.78, 5) is 14.7. The molecule has 0 radical (unpaired) electrons. The van der Waals surface area contributed by atoms with E-state index in [1.807, 2.05) is 0 Å². The number of likely N-dealkylation sites (tertiary alicyclic amines) is 1. The minimum Gasteiger partial charge on any atom is -0.353 e. The van der Waals surface area contributed by atoms with Crippen molar-refractivity contribution in [3.8, 4) is 0 Å². The Morgan fingerprint density at radius 1 is 1.35 bits per heavy atom. The van der Waals surface area contributed by atoms with Gasteiger partial charge in [-0.15, -0.1) is 0 Å². The highest BCUT2D eigenvalue weighted by atomic mass is 16.1. The van der Waals surface area contributed by atoms with Crippen LogP contribution in [0.2, 0.25) is 0 Å². The van der Waals surface area contributed by atoms with Gasteiger partial charge in [0.25, 0.3) is 0 Å². The van der Waals surface area contributed by atoms with Crippen LogP contribution in [0.25, 0.3) is 0 Å². The number of carbonyl (C=O) groups excluding carboxylic acids is 1. The summed E-state index contributed by atoms with van der Waals surface area (Å²) in [5, 5.41) is 6.62. The highest BCUT2D eigenvalue weighted by molar-refractivity contribution is 5.76. The van der Waals surface area contributed by atoms with Gasteiger partial charge in [-0.25, -0.2) is 0 Å². The molecular formula is C19H29N3O. The Bertz CT molecular complexity index is 499. The molecular weight excluding hydrogens is 286 g/mol. The van der Waals surface area contributed by atoms with E-state index in [0.717, 1.165) is 32.6 Å². The predicted octanol–water partition coefficient (Wildman–Crippen LogP) is 2.16. The zero-order chi connectivity index (χ0) is 16.1. The smallest absolute Gasteiger partial charge is 0.221 e. The van der Waals surface area contributed by atoms with Gasteiger partial charge >= 0.3 is 0 Å². The maximum atomic E-state index is 12.2. The molecule has 3 unspecified atom stereocenters. The Kier molecular flexibility index (Phi) is 5.68. The Morgan fingerprint density at radius 2 is 2.17 bits per heavy atom. The molecule has 0 saturated carbocycles. The van der Waals surface area contributed by atoms with Crippen molar-refractivity contribution in [2.75, 3.05) is 19.6 Å². The van der Waals surface area contributed by atoms with Gasteiger partial charge in [-0.1, -0.05) is 30.3 Å². The number of carbonyl (C=O) groups is 1. The predicted molar refractivity (Wildman–Crippen MR) is 93.1 cm³/mol. The third-order valence-electron chi connectivity index (χ3n) is 5.25. The van der Waals surface area contributed by atoms with Crippen LogP contribution in [0.3, 0.4) is 0 Å². The largest absolute Gasteiger partial charge is 0.353 e. The highest BCUT2D eigenvalue weighted by Gasteiger charge is 2.28. The molecule has 1 aromatic carbocycles. The maximum absolute atomic E-state index is 12.2. The summed E-state index contributed by atoms with van der Waals surface area (Å²) in [6.07, 6.45) is 4.14. The SMILES string of the molecule is CC(NC(=O)CC1CCCN1)C1CCN(Cc2ccccc2)C1. The van der Waals surface area contributed by atoms with Crippen molar-refractivity contribution in [1.82, 2.24) is 15.5 Å². The minimum atomic E-state index is 0.207. The van der Waals surface area contributed by atoms with Gasteiger partial charge in [0.2, 0.25) is 5.91 Å². The number of amides is 1. The molecule has 23 heavy (non-hydrogen) atoms. The second-order valence-electron chi connectivity index (χ2n) is 7.12. The molecule has 2 saturated heterocycles. The minimum absolute atomic E-state index is 0.207. The molecule has 2 aliphatic rings. The zero-order valence-electron chi connectivity index (χ0n) is 14.1. The Labute approximate surface area is 139 Å². The van der Waals surface area contributed by atoms with Gasteiger partial charge in [0.1, 0.15) is 0 Å². The van der Waals surface area contributed by atoms with Gasteiger partial charge in [-0.05, 0) is 50.8 Å². The monoisotopic (exact) mass is 315 g/mol. The van der Waals surface area contributed by atoms with E-state index in [-0.39, 0.29) is 11.9 Å². The number of nitrogens with zero attached hydrogens (tertiary/aromatic N) is 1. The van der Waals surface area contributed by atoms with E-state index in [4.69, 9.17) is 0 Å². The van der Waals surface area contributed by atoms with Crippen LogP contribution in [-0.4, -0.2) is 42.5 Å². The van der Waals surface area contributed by atoms with E-state index in [9.17, 15) is 4.79 Å². The van der Waals surface area contributed by atoms with E-state index in [1.165, 1.54) is 18.4 Å². The molecule has 3 rings (SSSR count). The van der Waals surface area contributed by atoms with E-state index in [1.54, 1.807) is 0 Å². The van der Waals surface area contributed by atoms with Crippen molar-refractivity contribution in [1.29, 1.82) is 0 Å². The van der Waals surface area contributed by atoms with Crippen molar-refractivity contribution >= 4 is 5.91 Å². The van der Waals surface area contributed by atoms with Gasteiger partial charge in [0, 0.05) is 31.6 Å². The molecule has 0 aromatic heterocycles. The first kappa shape index (κ1) is 16.5. The number of hydrogen-bond acceptors (Lipinski definition) is 3. The normalized spacial score (nSPS) is 26.3. The van der Waals surface area contributed by atoms with Gasteiger partial charge in [-0.2, -0.15) is 0 Å². The molecule has 4 heteroatoms. The number of hydrogen-bond donors (Lipinski definition) is 2. The summed E-state index contributed by atoms with van der Waals surface area (Å²) in [6, 6.07) is 11.3. The Balaban J connectivity index is 1.41. The van der Waals surface area contributed by atoms with Crippen LogP contribution >= 0.6 is 0 Å². The standard InChI is InChI=1S/C19H29N3O/c1-15(21-19(23)12-18-8-5-10-20-18)17-9-11-22(14-17)13-16-6-3-2-4-7-16/h2-4,6-7,15,17-18,20H,5,8-14H2,1H3,(H,21,23). The first-order valence-electron chi connectivity index (χ1n) is 9.00. The molecule has 2 aliphatic heterocycles. The lowest BCUT2D eigenvalue weighted by Gasteiger charge is -2.22. The molecule has 1 amide bonds.